The Morgan fingerprint density at radius 3 is 2.85 bits per heavy atom. The molecule has 1 aliphatic carbocycles. The molecule has 0 aromatic carbocycles. The van der Waals surface area contributed by atoms with Gasteiger partial charge in [-0.1, -0.05) is 12.8 Å². The first-order chi connectivity index (χ1) is 6.29. The summed E-state index contributed by atoms with van der Waals surface area (Å²) in [5.74, 6) is 0.517. The summed E-state index contributed by atoms with van der Waals surface area (Å²) < 4.78 is 1.95. The molecule has 2 rings (SSSR count). The van der Waals surface area contributed by atoms with E-state index in [0.717, 1.165) is 6.42 Å². The Hall–Kier alpha value is -0.500. The minimum absolute atomic E-state index is 0.309. The Balaban J connectivity index is 2.19. The maximum absolute atomic E-state index is 6.30. The van der Waals surface area contributed by atoms with E-state index in [1.165, 1.54) is 25.0 Å². The second-order valence-corrected chi connectivity index (χ2v) is 4.35. The maximum Gasteiger partial charge on any atom is 0.0492 e. The average molecular weight is 199 g/mol. The van der Waals surface area contributed by atoms with Crippen molar-refractivity contribution in [2.45, 2.75) is 37.0 Å². The van der Waals surface area contributed by atoms with Crippen LogP contribution in [0.4, 0.5) is 0 Å². The normalized spacial score (nSPS) is 29.1. The smallest absolute Gasteiger partial charge is 0.0492 e. The van der Waals surface area contributed by atoms with Crippen molar-refractivity contribution < 1.29 is 0 Å². The van der Waals surface area contributed by atoms with Gasteiger partial charge in [0.05, 0.1) is 0 Å². The van der Waals surface area contributed by atoms with Crippen LogP contribution in [0.2, 0.25) is 0 Å². The molecule has 0 N–H and O–H groups in total. The molecular formula is C10H15ClN2. The van der Waals surface area contributed by atoms with Gasteiger partial charge in [-0.3, -0.25) is 4.68 Å². The molecule has 72 valence electrons. The number of aryl methyl sites for hydroxylation is 1. The van der Waals surface area contributed by atoms with Crippen LogP contribution in [0.3, 0.4) is 0 Å². The number of rotatable bonds is 1. The third-order valence-corrected chi connectivity index (χ3v) is 3.44. The Morgan fingerprint density at radius 2 is 2.23 bits per heavy atom. The fraction of sp³-hybridized carbons (Fsp3) is 0.700. The predicted octanol–water partition coefficient (Wildman–Crippen LogP) is 2.69. The Labute approximate surface area is 83.9 Å². The van der Waals surface area contributed by atoms with Crippen LogP contribution in [0.15, 0.2) is 12.3 Å². The third kappa shape index (κ3) is 1.73. The van der Waals surface area contributed by atoms with Crippen LogP contribution in [0.1, 0.15) is 37.3 Å². The van der Waals surface area contributed by atoms with Crippen LogP contribution in [-0.2, 0) is 7.05 Å². The Bertz CT molecular complexity index is 282. The molecule has 0 aliphatic heterocycles. The first-order valence-corrected chi connectivity index (χ1v) is 5.34. The van der Waals surface area contributed by atoms with Gasteiger partial charge in [-0.25, -0.2) is 0 Å². The molecule has 0 amide bonds. The zero-order chi connectivity index (χ0) is 9.26. The maximum atomic E-state index is 6.30. The van der Waals surface area contributed by atoms with E-state index in [1.807, 2.05) is 17.9 Å². The topological polar surface area (TPSA) is 17.8 Å². The standard InChI is InChI=1S/C10H15ClN2/c1-13-10(6-7-12-13)8-4-2-3-5-9(8)11/h6-9H,2-5H2,1H3. The molecule has 1 aromatic heterocycles. The van der Waals surface area contributed by atoms with Crippen molar-refractivity contribution in [2.24, 2.45) is 7.05 Å². The van der Waals surface area contributed by atoms with Gasteiger partial charge in [0.25, 0.3) is 0 Å². The molecule has 3 heteroatoms. The van der Waals surface area contributed by atoms with Crippen LogP contribution < -0.4 is 0 Å². The number of nitrogens with zero attached hydrogens (tertiary/aromatic N) is 2. The fourth-order valence-corrected chi connectivity index (χ4v) is 2.58. The lowest BCUT2D eigenvalue weighted by molar-refractivity contribution is 0.431. The minimum Gasteiger partial charge on any atom is -0.272 e. The summed E-state index contributed by atoms with van der Waals surface area (Å²) in [5, 5.41) is 4.49. The van der Waals surface area contributed by atoms with E-state index in [2.05, 4.69) is 11.2 Å². The summed E-state index contributed by atoms with van der Waals surface area (Å²) in [6.45, 7) is 0. The number of hydrogen-bond acceptors (Lipinski definition) is 1. The Morgan fingerprint density at radius 1 is 1.46 bits per heavy atom. The van der Waals surface area contributed by atoms with Crippen molar-refractivity contribution in [3.63, 3.8) is 0 Å². The predicted molar refractivity (Wildman–Crippen MR) is 54.1 cm³/mol. The summed E-state index contributed by atoms with van der Waals surface area (Å²) in [5.41, 5.74) is 1.29. The minimum atomic E-state index is 0.309. The van der Waals surface area contributed by atoms with Crippen molar-refractivity contribution >= 4 is 11.6 Å². The molecule has 0 saturated heterocycles. The molecular weight excluding hydrogens is 184 g/mol. The summed E-state index contributed by atoms with van der Waals surface area (Å²) in [6, 6.07) is 2.09. The molecule has 1 saturated carbocycles. The van der Waals surface area contributed by atoms with E-state index in [4.69, 9.17) is 11.6 Å². The first-order valence-electron chi connectivity index (χ1n) is 4.91. The highest BCUT2D eigenvalue weighted by Crippen LogP contribution is 2.35. The zero-order valence-corrected chi connectivity index (χ0v) is 8.67. The van der Waals surface area contributed by atoms with E-state index < -0.39 is 0 Å². The molecule has 13 heavy (non-hydrogen) atoms. The second-order valence-electron chi connectivity index (χ2n) is 3.79. The molecule has 0 spiro atoms. The van der Waals surface area contributed by atoms with Crippen LogP contribution in [0, 0.1) is 0 Å². The van der Waals surface area contributed by atoms with E-state index >= 15 is 0 Å². The molecule has 0 radical (unpaired) electrons. The van der Waals surface area contributed by atoms with E-state index in [0.29, 0.717) is 11.3 Å². The van der Waals surface area contributed by atoms with E-state index in [-0.39, 0.29) is 0 Å². The molecule has 1 fully saturated rings. The van der Waals surface area contributed by atoms with Gasteiger partial charge in [-0.2, -0.15) is 5.10 Å². The SMILES string of the molecule is Cn1nccc1C1CCCCC1Cl. The first kappa shape index (κ1) is 9.07. The highest BCUT2D eigenvalue weighted by atomic mass is 35.5. The summed E-state index contributed by atoms with van der Waals surface area (Å²) in [4.78, 5) is 0. The molecule has 2 atom stereocenters. The van der Waals surface area contributed by atoms with Gasteiger partial charge in [-0.15, -0.1) is 11.6 Å². The number of alkyl halides is 1. The highest BCUT2D eigenvalue weighted by molar-refractivity contribution is 6.21. The van der Waals surface area contributed by atoms with E-state index in [9.17, 15) is 0 Å². The lowest BCUT2D eigenvalue weighted by Crippen LogP contribution is -2.20. The third-order valence-electron chi connectivity index (χ3n) is 2.92. The summed E-state index contributed by atoms with van der Waals surface area (Å²) in [6.07, 6.45) is 6.81. The molecule has 1 aliphatic rings. The van der Waals surface area contributed by atoms with Crippen LogP contribution in [0.5, 0.6) is 0 Å². The van der Waals surface area contributed by atoms with Gasteiger partial charge in [-0.05, 0) is 18.9 Å². The summed E-state index contributed by atoms with van der Waals surface area (Å²) >= 11 is 6.30. The van der Waals surface area contributed by atoms with Gasteiger partial charge in [0, 0.05) is 30.2 Å². The zero-order valence-electron chi connectivity index (χ0n) is 7.91. The molecule has 2 nitrogen and oxygen atoms in total. The quantitative estimate of drug-likeness (QED) is 0.635. The van der Waals surface area contributed by atoms with Gasteiger partial charge in [0.1, 0.15) is 0 Å². The Kier molecular flexibility index (Phi) is 2.58. The number of hydrogen-bond donors (Lipinski definition) is 0. The van der Waals surface area contributed by atoms with Gasteiger partial charge in [0.15, 0.2) is 0 Å². The average Bonchev–Trinajstić information content (AvgIpc) is 2.52. The van der Waals surface area contributed by atoms with Crippen LogP contribution >= 0.6 is 11.6 Å². The van der Waals surface area contributed by atoms with Crippen LogP contribution in [0.25, 0.3) is 0 Å². The molecule has 1 heterocycles. The summed E-state index contributed by atoms with van der Waals surface area (Å²) in [7, 11) is 1.99. The van der Waals surface area contributed by atoms with Gasteiger partial charge >= 0.3 is 0 Å². The molecule has 1 aromatic rings. The van der Waals surface area contributed by atoms with Crippen molar-refractivity contribution in [1.29, 1.82) is 0 Å². The fourth-order valence-electron chi connectivity index (χ4n) is 2.17. The molecule has 0 bridgehead atoms. The van der Waals surface area contributed by atoms with Crippen molar-refractivity contribution in [2.75, 3.05) is 0 Å². The van der Waals surface area contributed by atoms with Crippen LogP contribution in [-0.4, -0.2) is 15.2 Å². The highest BCUT2D eigenvalue weighted by Gasteiger charge is 2.26. The van der Waals surface area contributed by atoms with Crippen molar-refractivity contribution in [1.82, 2.24) is 9.78 Å². The van der Waals surface area contributed by atoms with Crippen molar-refractivity contribution in [3.8, 4) is 0 Å². The van der Waals surface area contributed by atoms with Gasteiger partial charge in [0.2, 0.25) is 0 Å². The largest absolute Gasteiger partial charge is 0.272 e. The lowest BCUT2D eigenvalue weighted by Gasteiger charge is -2.26. The monoisotopic (exact) mass is 198 g/mol. The molecule has 2 unspecified atom stereocenters. The lowest BCUT2D eigenvalue weighted by atomic mass is 9.86. The van der Waals surface area contributed by atoms with E-state index in [1.54, 1.807) is 0 Å². The number of aromatic nitrogens is 2. The second kappa shape index (κ2) is 3.70. The van der Waals surface area contributed by atoms with Gasteiger partial charge < -0.3 is 0 Å². The van der Waals surface area contributed by atoms with Crippen molar-refractivity contribution in [3.05, 3.63) is 18.0 Å². The number of halogens is 1.